The third kappa shape index (κ3) is 8.20. The molecule has 8 nitrogen and oxygen atoms in total. The molecule has 0 radical (unpaired) electrons. The lowest BCUT2D eigenvalue weighted by Gasteiger charge is -2.07. The number of carbonyl (C=O) groups is 3. The van der Waals surface area contributed by atoms with Crippen molar-refractivity contribution in [3.63, 3.8) is 0 Å². The van der Waals surface area contributed by atoms with Crippen molar-refractivity contribution in [1.29, 1.82) is 0 Å². The van der Waals surface area contributed by atoms with E-state index in [1.165, 1.54) is 11.3 Å². The van der Waals surface area contributed by atoms with Crippen LogP contribution < -0.4 is 10.6 Å². The molecule has 0 unspecified atom stereocenters. The van der Waals surface area contributed by atoms with Crippen LogP contribution in [0, 0.1) is 5.92 Å². The first kappa shape index (κ1) is 23.3. The van der Waals surface area contributed by atoms with Gasteiger partial charge in [-0.1, -0.05) is 27.2 Å². The number of unbranched alkanes of at least 4 members (excludes halogenated alkanes) is 1. The van der Waals surface area contributed by atoms with Crippen molar-refractivity contribution in [3.05, 3.63) is 40.9 Å². The van der Waals surface area contributed by atoms with Crippen molar-refractivity contribution in [2.24, 2.45) is 5.92 Å². The van der Waals surface area contributed by atoms with Crippen LogP contribution in [-0.4, -0.2) is 36.2 Å². The van der Waals surface area contributed by atoms with Gasteiger partial charge in [0.1, 0.15) is 0 Å². The Morgan fingerprint density at radius 1 is 1.10 bits per heavy atom. The van der Waals surface area contributed by atoms with E-state index in [0.717, 1.165) is 12.8 Å². The number of benzene rings is 1. The minimum absolute atomic E-state index is 0.0556. The number of anilines is 2. The lowest BCUT2D eigenvalue weighted by atomic mass is 10.2. The molecule has 162 valence electrons. The van der Waals surface area contributed by atoms with Crippen molar-refractivity contribution in [1.82, 2.24) is 4.98 Å². The summed E-state index contributed by atoms with van der Waals surface area (Å²) in [7, 11) is 0. The molecule has 2 amide bonds. The lowest BCUT2D eigenvalue weighted by molar-refractivity contribution is -0.115. The third-order valence-corrected chi connectivity index (χ3v) is 4.59. The average Bonchev–Trinajstić information content (AvgIpc) is 3.13. The molecule has 2 aromatic rings. The number of thiazole rings is 1. The first-order chi connectivity index (χ1) is 14.4. The minimum Gasteiger partial charge on any atom is -0.462 e. The van der Waals surface area contributed by atoms with E-state index in [-0.39, 0.29) is 24.2 Å². The van der Waals surface area contributed by atoms with Crippen molar-refractivity contribution in [2.45, 2.75) is 40.0 Å². The summed E-state index contributed by atoms with van der Waals surface area (Å²) in [6.45, 7) is 6.63. The van der Waals surface area contributed by atoms with E-state index in [1.807, 2.05) is 20.8 Å². The Labute approximate surface area is 180 Å². The van der Waals surface area contributed by atoms with Gasteiger partial charge in [-0.3, -0.25) is 10.1 Å². The predicted octanol–water partition coefficient (Wildman–Crippen LogP) is 4.49. The molecular formula is C21H27N3O5S. The Kier molecular flexibility index (Phi) is 9.27. The SMILES string of the molecule is CCCCOC(=O)c1ccc(NC(=O)Cc2csc(NC(=O)OCC(C)C)n2)cc1. The van der Waals surface area contributed by atoms with Gasteiger partial charge < -0.3 is 14.8 Å². The van der Waals surface area contributed by atoms with Gasteiger partial charge in [-0.05, 0) is 36.6 Å². The number of nitrogens with one attached hydrogen (secondary N) is 2. The summed E-state index contributed by atoms with van der Waals surface area (Å²) in [5.41, 5.74) is 1.53. The molecule has 0 aliphatic carbocycles. The monoisotopic (exact) mass is 433 g/mol. The summed E-state index contributed by atoms with van der Waals surface area (Å²) in [4.78, 5) is 40.0. The third-order valence-electron chi connectivity index (χ3n) is 3.79. The number of amides is 2. The number of esters is 1. The zero-order chi connectivity index (χ0) is 21.9. The average molecular weight is 434 g/mol. The van der Waals surface area contributed by atoms with Gasteiger partial charge in [-0.2, -0.15) is 0 Å². The number of hydrogen-bond donors (Lipinski definition) is 2. The molecule has 0 atom stereocenters. The lowest BCUT2D eigenvalue weighted by Crippen LogP contribution is -2.17. The van der Waals surface area contributed by atoms with Gasteiger partial charge in [0.05, 0.1) is 30.9 Å². The van der Waals surface area contributed by atoms with Gasteiger partial charge in [-0.25, -0.2) is 14.6 Å². The van der Waals surface area contributed by atoms with Gasteiger partial charge >= 0.3 is 12.1 Å². The van der Waals surface area contributed by atoms with E-state index in [4.69, 9.17) is 9.47 Å². The summed E-state index contributed by atoms with van der Waals surface area (Å²) in [5, 5.41) is 7.37. The maximum Gasteiger partial charge on any atom is 0.413 e. The number of nitrogens with zero attached hydrogens (tertiary/aromatic N) is 1. The van der Waals surface area contributed by atoms with Gasteiger partial charge in [-0.15, -0.1) is 11.3 Å². The van der Waals surface area contributed by atoms with E-state index in [0.29, 0.717) is 35.3 Å². The highest BCUT2D eigenvalue weighted by Gasteiger charge is 2.12. The van der Waals surface area contributed by atoms with Crippen molar-refractivity contribution in [2.75, 3.05) is 23.8 Å². The number of carbonyl (C=O) groups excluding carboxylic acids is 3. The molecule has 0 aliphatic rings. The molecule has 0 aliphatic heterocycles. The van der Waals surface area contributed by atoms with E-state index >= 15 is 0 Å². The molecule has 1 aromatic carbocycles. The molecule has 0 saturated carbocycles. The van der Waals surface area contributed by atoms with Crippen LogP contribution in [0.25, 0.3) is 0 Å². The highest BCUT2D eigenvalue weighted by molar-refractivity contribution is 7.13. The molecule has 1 aromatic heterocycles. The second-order valence-electron chi connectivity index (χ2n) is 7.05. The van der Waals surface area contributed by atoms with Crippen molar-refractivity contribution >= 4 is 40.1 Å². The van der Waals surface area contributed by atoms with Crippen LogP contribution in [0.4, 0.5) is 15.6 Å². The normalized spacial score (nSPS) is 10.5. The van der Waals surface area contributed by atoms with Crippen LogP contribution >= 0.6 is 11.3 Å². The zero-order valence-electron chi connectivity index (χ0n) is 17.4. The van der Waals surface area contributed by atoms with E-state index in [9.17, 15) is 14.4 Å². The van der Waals surface area contributed by atoms with Crippen molar-refractivity contribution in [3.8, 4) is 0 Å². The number of hydrogen-bond acceptors (Lipinski definition) is 7. The molecule has 1 heterocycles. The fourth-order valence-electron chi connectivity index (χ4n) is 2.26. The Morgan fingerprint density at radius 2 is 1.83 bits per heavy atom. The maximum atomic E-state index is 12.2. The Hall–Kier alpha value is -2.94. The van der Waals surface area contributed by atoms with Crippen molar-refractivity contribution < 1.29 is 23.9 Å². The Balaban J connectivity index is 1.81. The van der Waals surface area contributed by atoms with Crippen LogP contribution in [0.15, 0.2) is 29.6 Å². The fourth-order valence-corrected chi connectivity index (χ4v) is 2.96. The number of aromatic nitrogens is 1. The highest BCUT2D eigenvalue weighted by atomic mass is 32.1. The van der Waals surface area contributed by atoms with Crippen LogP contribution in [0.3, 0.4) is 0 Å². The topological polar surface area (TPSA) is 107 Å². The van der Waals surface area contributed by atoms with E-state index in [1.54, 1.807) is 29.6 Å². The summed E-state index contributed by atoms with van der Waals surface area (Å²) in [6, 6.07) is 6.51. The summed E-state index contributed by atoms with van der Waals surface area (Å²) < 4.78 is 10.2. The van der Waals surface area contributed by atoms with Gasteiger partial charge in [0.25, 0.3) is 0 Å². The fraction of sp³-hybridized carbons (Fsp3) is 0.429. The quantitative estimate of drug-likeness (QED) is 0.422. The Morgan fingerprint density at radius 3 is 2.50 bits per heavy atom. The number of ether oxygens (including phenoxy) is 2. The maximum absolute atomic E-state index is 12.2. The first-order valence-electron chi connectivity index (χ1n) is 9.82. The minimum atomic E-state index is -0.567. The second kappa shape index (κ2) is 11.9. The molecule has 0 bridgehead atoms. The molecule has 2 N–H and O–H groups in total. The number of rotatable bonds is 10. The molecule has 2 rings (SSSR count). The highest BCUT2D eigenvalue weighted by Crippen LogP contribution is 2.17. The largest absolute Gasteiger partial charge is 0.462 e. The second-order valence-corrected chi connectivity index (χ2v) is 7.91. The smallest absolute Gasteiger partial charge is 0.413 e. The summed E-state index contributed by atoms with van der Waals surface area (Å²) >= 11 is 1.22. The van der Waals surface area contributed by atoms with E-state index in [2.05, 4.69) is 15.6 Å². The predicted molar refractivity (Wildman–Crippen MR) is 116 cm³/mol. The molecule has 0 spiro atoms. The molecule has 30 heavy (non-hydrogen) atoms. The van der Waals surface area contributed by atoms with Crippen LogP contribution in [0.1, 0.15) is 49.7 Å². The molecule has 0 fully saturated rings. The van der Waals surface area contributed by atoms with Crippen LogP contribution in [-0.2, 0) is 20.7 Å². The van der Waals surface area contributed by atoms with Crippen LogP contribution in [0.5, 0.6) is 0 Å². The van der Waals surface area contributed by atoms with Gasteiger partial charge in [0, 0.05) is 11.1 Å². The van der Waals surface area contributed by atoms with E-state index < -0.39 is 6.09 Å². The zero-order valence-corrected chi connectivity index (χ0v) is 18.2. The molecule has 9 heteroatoms. The Bertz CT molecular complexity index is 849. The summed E-state index contributed by atoms with van der Waals surface area (Å²) in [6.07, 6.45) is 1.27. The van der Waals surface area contributed by atoms with Gasteiger partial charge in [0.2, 0.25) is 5.91 Å². The van der Waals surface area contributed by atoms with Crippen LogP contribution in [0.2, 0.25) is 0 Å². The summed E-state index contributed by atoms with van der Waals surface area (Å²) in [5.74, 6) is -0.393. The van der Waals surface area contributed by atoms with Gasteiger partial charge in [0.15, 0.2) is 5.13 Å². The molecule has 0 saturated heterocycles. The molecular weight excluding hydrogens is 406 g/mol. The first-order valence-corrected chi connectivity index (χ1v) is 10.7. The standard InChI is InChI=1S/C21H27N3O5S/c1-4-5-10-28-19(26)15-6-8-16(9-7-15)22-18(25)11-17-13-30-20(23-17)24-21(27)29-12-14(2)3/h6-9,13-14H,4-5,10-12H2,1-3H3,(H,22,25)(H,23,24,27).